The van der Waals surface area contributed by atoms with Crippen LogP contribution in [-0.4, -0.2) is 18.7 Å². The fourth-order valence-electron chi connectivity index (χ4n) is 1.86. The predicted octanol–water partition coefficient (Wildman–Crippen LogP) is 4.36. The Balaban J connectivity index is 1.82. The number of carbonyl (C=O) groups is 1. The molecule has 1 atom stereocenters. The largest absolute Gasteiger partial charge is 0.489 e. The van der Waals surface area contributed by atoms with E-state index in [1.807, 2.05) is 55.5 Å². The van der Waals surface area contributed by atoms with Crippen molar-refractivity contribution in [1.82, 2.24) is 0 Å². The van der Waals surface area contributed by atoms with Gasteiger partial charge in [0.15, 0.2) is 0 Å². The summed E-state index contributed by atoms with van der Waals surface area (Å²) in [5.74, 6) is 1.25. The second-order valence-corrected chi connectivity index (χ2v) is 6.03. The summed E-state index contributed by atoms with van der Waals surface area (Å²) in [6.45, 7) is 3.97. The van der Waals surface area contributed by atoms with Crippen molar-refractivity contribution in [2.75, 3.05) is 6.61 Å². The number of benzene rings is 2. The fraction of sp³-hybridized carbons (Fsp3) is 0.278. The summed E-state index contributed by atoms with van der Waals surface area (Å²) >= 11 is 3.39. The van der Waals surface area contributed by atoms with Gasteiger partial charge in [-0.2, -0.15) is 0 Å². The standard InChI is InChI=1S/C18H19BrO4/c1-13(11-21-14(2)20)23-18-7-3-15(4-8-18)12-22-17-9-5-16(19)6-10-17/h3-10,13H,11-12H2,1-2H3. The number of hydrogen-bond donors (Lipinski definition) is 0. The molecule has 0 saturated heterocycles. The summed E-state index contributed by atoms with van der Waals surface area (Å²) in [5, 5.41) is 0. The van der Waals surface area contributed by atoms with E-state index in [0.29, 0.717) is 6.61 Å². The highest BCUT2D eigenvalue weighted by Gasteiger charge is 2.06. The summed E-state index contributed by atoms with van der Waals surface area (Å²) < 4.78 is 17.3. The minimum atomic E-state index is -0.305. The van der Waals surface area contributed by atoms with E-state index >= 15 is 0 Å². The lowest BCUT2D eigenvalue weighted by Gasteiger charge is -2.14. The molecule has 23 heavy (non-hydrogen) atoms. The number of carbonyl (C=O) groups excluding carboxylic acids is 1. The van der Waals surface area contributed by atoms with Crippen LogP contribution < -0.4 is 9.47 Å². The molecular weight excluding hydrogens is 360 g/mol. The number of rotatable bonds is 7. The van der Waals surface area contributed by atoms with E-state index in [9.17, 15) is 4.79 Å². The fourth-order valence-corrected chi connectivity index (χ4v) is 2.13. The number of halogens is 1. The lowest BCUT2D eigenvalue weighted by molar-refractivity contribution is -0.143. The lowest BCUT2D eigenvalue weighted by atomic mass is 10.2. The topological polar surface area (TPSA) is 44.8 Å². The van der Waals surface area contributed by atoms with Crippen molar-refractivity contribution in [3.05, 3.63) is 58.6 Å². The van der Waals surface area contributed by atoms with Crippen molar-refractivity contribution in [2.45, 2.75) is 26.6 Å². The number of esters is 1. The molecule has 122 valence electrons. The molecule has 0 radical (unpaired) electrons. The maximum absolute atomic E-state index is 10.8. The first kappa shape index (κ1) is 17.3. The van der Waals surface area contributed by atoms with Gasteiger partial charge in [0.25, 0.3) is 0 Å². The zero-order valence-electron chi connectivity index (χ0n) is 13.1. The molecular formula is C18H19BrO4. The SMILES string of the molecule is CC(=O)OCC(C)Oc1ccc(COc2ccc(Br)cc2)cc1. The molecule has 0 N–H and O–H groups in total. The van der Waals surface area contributed by atoms with Crippen LogP contribution in [0.25, 0.3) is 0 Å². The van der Waals surface area contributed by atoms with Crippen LogP contribution in [0.1, 0.15) is 19.4 Å². The third-order valence-corrected chi connectivity index (χ3v) is 3.53. The van der Waals surface area contributed by atoms with E-state index < -0.39 is 0 Å². The molecule has 0 fully saturated rings. The van der Waals surface area contributed by atoms with Crippen molar-refractivity contribution in [3.63, 3.8) is 0 Å². The van der Waals surface area contributed by atoms with Gasteiger partial charge in [-0.15, -0.1) is 0 Å². The van der Waals surface area contributed by atoms with E-state index in [0.717, 1.165) is 21.5 Å². The van der Waals surface area contributed by atoms with Gasteiger partial charge >= 0.3 is 5.97 Å². The Hall–Kier alpha value is -2.01. The maximum atomic E-state index is 10.8. The summed E-state index contributed by atoms with van der Waals surface area (Å²) in [6, 6.07) is 15.4. The molecule has 0 saturated carbocycles. The Morgan fingerprint density at radius 3 is 2.26 bits per heavy atom. The number of ether oxygens (including phenoxy) is 3. The molecule has 0 spiro atoms. The smallest absolute Gasteiger partial charge is 0.302 e. The summed E-state index contributed by atoms with van der Waals surface area (Å²) in [5.41, 5.74) is 1.05. The molecule has 2 aromatic rings. The first-order valence-corrected chi connectivity index (χ1v) is 8.09. The molecule has 4 nitrogen and oxygen atoms in total. The van der Waals surface area contributed by atoms with Crippen molar-refractivity contribution in [2.24, 2.45) is 0 Å². The van der Waals surface area contributed by atoms with Gasteiger partial charge in [0.2, 0.25) is 0 Å². The highest BCUT2D eigenvalue weighted by atomic mass is 79.9. The maximum Gasteiger partial charge on any atom is 0.302 e. The highest BCUT2D eigenvalue weighted by Crippen LogP contribution is 2.19. The van der Waals surface area contributed by atoms with E-state index in [4.69, 9.17) is 14.2 Å². The molecule has 2 rings (SSSR count). The van der Waals surface area contributed by atoms with E-state index in [2.05, 4.69) is 15.9 Å². The van der Waals surface area contributed by atoms with Gasteiger partial charge in [-0.05, 0) is 48.9 Å². The third-order valence-electron chi connectivity index (χ3n) is 3.00. The average Bonchev–Trinajstić information content (AvgIpc) is 2.54. The first-order valence-electron chi connectivity index (χ1n) is 7.30. The summed E-state index contributed by atoms with van der Waals surface area (Å²) in [7, 11) is 0. The third kappa shape index (κ3) is 6.32. The van der Waals surface area contributed by atoms with Gasteiger partial charge in [0.05, 0.1) is 0 Å². The van der Waals surface area contributed by atoms with E-state index in [-0.39, 0.29) is 18.7 Å². The second kappa shape index (κ2) is 8.58. The quantitative estimate of drug-likeness (QED) is 0.671. The van der Waals surface area contributed by atoms with E-state index in [1.165, 1.54) is 6.92 Å². The molecule has 0 aromatic heterocycles. The molecule has 0 aliphatic heterocycles. The molecule has 0 amide bonds. The zero-order chi connectivity index (χ0) is 16.7. The van der Waals surface area contributed by atoms with Gasteiger partial charge in [-0.25, -0.2) is 0 Å². The van der Waals surface area contributed by atoms with Crippen LogP contribution in [0.2, 0.25) is 0 Å². The van der Waals surface area contributed by atoms with Gasteiger partial charge in [-0.1, -0.05) is 28.1 Å². The molecule has 5 heteroatoms. The van der Waals surface area contributed by atoms with Crippen molar-refractivity contribution in [1.29, 1.82) is 0 Å². The van der Waals surface area contributed by atoms with Gasteiger partial charge in [0.1, 0.15) is 30.8 Å². The van der Waals surface area contributed by atoms with Crippen LogP contribution in [0, 0.1) is 0 Å². The normalized spacial score (nSPS) is 11.6. The molecule has 2 aromatic carbocycles. The minimum Gasteiger partial charge on any atom is -0.489 e. The Bertz CT molecular complexity index is 622. The first-order chi connectivity index (χ1) is 11.0. The van der Waals surface area contributed by atoms with Crippen LogP contribution in [0.4, 0.5) is 0 Å². The molecule has 1 unspecified atom stereocenters. The predicted molar refractivity (Wildman–Crippen MR) is 91.6 cm³/mol. The Labute approximate surface area is 144 Å². The molecule has 0 aliphatic carbocycles. The molecule has 0 aliphatic rings. The van der Waals surface area contributed by atoms with Crippen LogP contribution in [0.5, 0.6) is 11.5 Å². The Kier molecular flexibility index (Phi) is 6.47. The zero-order valence-corrected chi connectivity index (χ0v) is 14.7. The highest BCUT2D eigenvalue weighted by molar-refractivity contribution is 9.10. The van der Waals surface area contributed by atoms with Crippen LogP contribution in [0.3, 0.4) is 0 Å². The summed E-state index contributed by atoms with van der Waals surface area (Å²) in [6.07, 6.45) is -0.191. The minimum absolute atomic E-state index is 0.191. The van der Waals surface area contributed by atoms with Crippen LogP contribution in [0.15, 0.2) is 53.0 Å². The average molecular weight is 379 g/mol. The Morgan fingerprint density at radius 2 is 1.65 bits per heavy atom. The monoisotopic (exact) mass is 378 g/mol. The van der Waals surface area contributed by atoms with Crippen LogP contribution in [-0.2, 0) is 16.1 Å². The van der Waals surface area contributed by atoms with Gasteiger partial charge in [0, 0.05) is 11.4 Å². The Morgan fingerprint density at radius 1 is 1.04 bits per heavy atom. The van der Waals surface area contributed by atoms with Gasteiger partial charge < -0.3 is 14.2 Å². The molecule has 0 heterocycles. The van der Waals surface area contributed by atoms with Crippen molar-refractivity contribution < 1.29 is 19.0 Å². The lowest BCUT2D eigenvalue weighted by Crippen LogP contribution is -2.20. The van der Waals surface area contributed by atoms with Crippen molar-refractivity contribution in [3.8, 4) is 11.5 Å². The van der Waals surface area contributed by atoms with Gasteiger partial charge in [-0.3, -0.25) is 4.79 Å². The molecule has 0 bridgehead atoms. The number of hydrogen-bond acceptors (Lipinski definition) is 4. The second-order valence-electron chi connectivity index (χ2n) is 5.12. The van der Waals surface area contributed by atoms with E-state index in [1.54, 1.807) is 0 Å². The van der Waals surface area contributed by atoms with Crippen LogP contribution >= 0.6 is 15.9 Å². The summed E-state index contributed by atoms with van der Waals surface area (Å²) in [4.78, 5) is 10.8. The van der Waals surface area contributed by atoms with Crippen molar-refractivity contribution >= 4 is 21.9 Å².